The Balaban J connectivity index is 1.11. The first-order chi connectivity index (χ1) is 15.7. The van der Waals surface area contributed by atoms with Crippen LogP contribution in [0.3, 0.4) is 0 Å². The Hall–Kier alpha value is -3.32. The lowest BCUT2D eigenvalue weighted by molar-refractivity contribution is -0.120. The summed E-state index contributed by atoms with van der Waals surface area (Å²) in [5, 5.41) is 13.9. The summed E-state index contributed by atoms with van der Waals surface area (Å²) in [6, 6.07) is 11.9. The van der Waals surface area contributed by atoms with Gasteiger partial charge in [-0.25, -0.2) is 0 Å². The maximum atomic E-state index is 11.7. The van der Waals surface area contributed by atoms with Gasteiger partial charge in [0.05, 0.1) is 16.4 Å². The molecule has 0 saturated heterocycles. The van der Waals surface area contributed by atoms with E-state index in [4.69, 9.17) is 21.1 Å². The molecule has 4 atom stereocenters. The minimum atomic E-state index is 0.0376. The number of amides is 1. The van der Waals surface area contributed by atoms with Crippen molar-refractivity contribution in [3.63, 3.8) is 0 Å². The van der Waals surface area contributed by atoms with Crippen molar-refractivity contribution in [2.24, 2.45) is 5.92 Å². The molecule has 0 spiro atoms. The second-order valence-electron chi connectivity index (χ2n) is 8.77. The highest BCUT2D eigenvalue weighted by atomic mass is 35.5. The van der Waals surface area contributed by atoms with E-state index >= 15 is 0 Å². The highest BCUT2D eigenvalue weighted by Crippen LogP contribution is 2.61. The summed E-state index contributed by atoms with van der Waals surface area (Å²) in [7, 11) is 0. The van der Waals surface area contributed by atoms with E-state index in [0.29, 0.717) is 31.2 Å². The Morgan fingerprint density at radius 2 is 2.06 bits per heavy atom. The summed E-state index contributed by atoms with van der Waals surface area (Å²) in [4.78, 5) is 11.7. The lowest BCUT2D eigenvalue weighted by Crippen LogP contribution is -2.39. The number of nitrogens with one attached hydrogen (secondary N) is 4. The Morgan fingerprint density at radius 3 is 2.97 bits per heavy atom. The highest BCUT2D eigenvalue weighted by molar-refractivity contribution is 6.34. The maximum absolute atomic E-state index is 11.7. The molecule has 7 nitrogen and oxygen atoms in total. The predicted molar refractivity (Wildman–Crippen MR) is 121 cm³/mol. The summed E-state index contributed by atoms with van der Waals surface area (Å²) in [6.45, 7) is 0.622. The van der Waals surface area contributed by atoms with Crippen LogP contribution in [0.1, 0.15) is 24.3 Å². The molecule has 1 saturated carbocycles. The van der Waals surface area contributed by atoms with Crippen molar-refractivity contribution in [3.8, 4) is 11.5 Å². The molecule has 5 aliphatic rings. The van der Waals surface area contributed by atoms with E-state index in [0.717, 1.165) is 45.0 Å². The minimum absolute atomic E-state index is 0.0376. The van der Waals surface area contributed by atoms with Crippen LogP contribution in [0.2, 0.25) is 5.02 Å². The predicted octanol–water partition coefficient (Wildman–Crippen LogP) is 3.67. The maximum Gasteiger partial charge on any atom is 0.225 e. The van der Waals surface area contributed by atoms with E-state index in [2.05, 4.69) is 27.3 Å². The van der Waals surface area contributed by atoms with Gasteiger partial charge in [-0.1, -0.05) is 17.7 Å². The fourth-order valence-electron chi connectivity index (χ4n) is 5.32. The largest absolute Gasteiger partial charge is 0.489 e. The van der Waals surface area contributed by atoms with Crippen molar-refractivity contribution in [2.75, 3.05) is 17.2 Å². The standard InChI is InChI=1S/C24H21ClN4O3/c25-14-2-1-3-15-21(14)29-24(27-15)20-19-13-10-11(4-6-16(13)32-22(19)20)31-17-8-9-26-23-12(17)5-7-18(30)28-23/h1-4,6,8,10,19-20,22,24,26-27,29H,5,7,9H2,(H,28,30). The molecule has 4 heterocycles. The molecule has 2 aromatic carbocycles. The highest BCUT2D eigenvalue weighted by Gasteiger charge is 2.63. The lowest BCUT2D eigenvalue weighted by Gasteiger charge is -2.27. The number of hydrogen-bond acceptors (Lipinski definition) is 6. The van der Waals surface area contributed by atoms with Gasteiger partial charge in [0.25, 0.3) is 0 Å². The van der Waals surface area contributed by atoms with Crippen LogP contribution in [0.15, 0.2) is 59.6 Å². The number of ether oxygens (including phenoxy) is 2. The number of halogens is 1. The van der Waals surface area contributed by atoms with Crippen molar-refractivity contribution < 1.29 is 14.3 Å². The van der Waals surface area contributed by atoms with E-state index in [1.807, 2.05) is 36.4 Å². The van der Waals surface area contributed by atoms with Gasteiger partial charge in [0, 0.05) is 35.9 Å². The first kappa shape index (κ1) is 18.3. The van der Waals surface area contributed by atoms with Crippen LogP contribution in [0.25, 0.3) is 0 Å². The first-order valence-corrected chi connectivity index (χ1v) is 11.3. The van der Waals surface area contributed by atoms with Gasteiger partial charge in [-0.2, -0.15) is 0 Å². The number of rotatable bonds is 3. The van der Waals surface area contributed by atoms with E-state index < -0.39 is 0 Å². The molecule has 0 aromatic heterocycles. The Kier molecular flexibility index (Phi) is 3.76. The van der Waals surface area contributed by atoms with Crippen LogP contribution >= 0.6 is 11.6 Å². The van der Waals surface area contributed by atoms with Crippen LogP contribution in [0, 0.1) is 5.92 Å². The molecule has 8 heteroatoms. The number of allylic oxidation sites excluding steroid dienone is 1. The fourth-order valence-corrected chi connectivity index (χ4v) is 5.55. The summed E-state index contributed by atoms with van der Waals surface area (Å²) in [6.07, 6.45) is 3.40. The third kappa shape index (κ3) is 2.70. The van der Waals surface area contributed by atoms with Gasteiger partial charge in [-0.3, -0.25) is 4.79 Å². The topological polar surface area (TPSA) is 83.7 Å². The average Bonchev–Trinajstić information content (AvgIpc) is 3.13. The lowest BCUT2D eigenvalue weighted by atomic mass is 10.0. The molecule has 4 N–H and O–H groups in total. The fraction of sp³-hybridized carbons (Fsp3) is 0.292. The summed E-state index contributed by atoms with van der Waals surface area (Å²) in [5.74, 6) is 3.97. The van der Waals surface area contributed by atoms with Crippen molar-refractivity contribution in [1.82, 2.24) is 10.6 Å². The average molecular weight is 449 g/mol. The normalized spacial score (nSPS) is 28.5. The summed E-state index contributed by atoms with van der Waals surface area (Å²) >= 11 is 6.34. The van der Waals surface area contributed by atoms with Crippen molar-refractivity contribution in [2.45, 2.75) is 31.0 Å². The van der Waals surface area contributed by atoms with Gasteiger partial charge in [-0.05, 0) is 42.8 Å². The second-order valence-corrected chi connectivity index (χ2v) is 9.17. The van der Waals surface area contributed by atoms with Crippen molar-refractivity contribution >= 4 is 28.9 Å². The number of dihydropyridines is 1. The Labute approximate surface area is 189 Å². The minimum Gasteiger partial charge on any atom is -0.489 e. The molecule has 4 aliphatic heterocycles. The van der Waals surface area contributed by atoms with Crippen molar-refractivity contribution in [1.29, 1.82) is 0 Å². The molecule has 1 aliphatic carbocycles. The third-order valence-corrected chi connectivity index (χ3v) is 7.19. The second kappa shape index (κ2) is 6.59. The number of benzene rings is 2. The molecule has 162 valence electrons. The van der Waals surface area contributed by atoms with Gasteiger partial charge in [0.2, 0.25) is 5.91 Å². The Bertz CT molecular complexity index is 1240. The monoisotopic (exact) mass is 448 g/mol. The molecule has 4 unspecified atom stereocenters. The number of carbonyl (C=O) groups excluding carboxylic acids is 1. The number of anilines is 2. The first-order valence-electron chi connectivity index (χ1n) is 10.9. The smallest absolute Gasteiger partial charge is 0.225 e. The van der Waals surface area contributed by atoms with Crippen LogP contribution in [0.5, 0.6) is 11.5 Å². The molecule has 7 rings (SSSR count). The molecule has 0 bridgehead atoms. The number of fused-ring (bicyclic) bond motifs is 4. The summed E-state index contributed by atoms with van der Waals surface area (Å²) < 4.78 is 12.5. The zero-order valence-electron chi connectivity index (χ0n) is 17.1. The van der Waals surface area contributed by atoms with Gasteiger partial charge in [-0.15, -0.1) is 0 Å². The number of hydrogen-bond donors (Lipinski definition) is 4. The summed E-state index contributed by atoms with van der Waals surface area (Å²) in [5.41, 5.74) is 4.20. The van der Waals surface area contributed by atoms with Crippen LogP contribution in [-0.2, 0) is 4.79 Å². The third-order valence-electron chi connectivity index (χ3n) is 6.88. The molecule has 2 aromatic rings. The molecule has 32 heavy (non-hydrogen) atoms. The van der Waals surface area contributed by atoms with Gasteiger partial charge in [0.1, 0.15) is 35.3 Å². The zero-order chi connectivity index (χ0) is 21.4. The SMILES string of the molecule is O=C1CCC2=C(NCC=C2Oc2ccc3c(c2)C2C(O3)C2C2Nc3cccc(Cl)c3N2)N1. The van der Waals surface area contributed by atoms with Crippen LogP contribution in [-0.4, -0.2) is 24.7 Å². The molecule has 1 fully saturated rings. The van der Waals surface area contributed by atoms with Gasteiger partial charge < -0.3 is 30.7 Å². The van der Waals surface area contributed by atoms with E-state index in [-0.39, 0.29) is 18.2 Å². The molecule has 0 radical (unpaired) electrons. The van der Waals surface area contributed by atoms with E-state index in [1.54, 1.807) is 0 Å². The number of carbonyl (C=O) groups is 1. The zero-order valence-corrected chi connectivity index (χ0v) is 17.8. The van der Waals surface area contributed by atoms with E-state index in [1.165, 1.54) is 5.56 Å². The van der Waals surface area contributed by atoms with Gasteiger partial charge >= 0.3 is 0 Å². The van der Waals surface area contributed by atoms with Crippen molar-refractivity contribution in [3.05, 3.63) is 70.2 Å². The van der Waals surface area contributed by atoms with Crippen LogP contribution < -0.4 is 30.7 Å². The Morgan fingerprint density at radius 1 is 1.12 bits per heavy atom. The van der Waals surface area contributed by atoms with Gasteiger partial charge in [0.15, 0.2) is 0 Å². The molecule has 1 amide bonds. The molecular weight excluding hydrogens is 428 g/mol. The molecular formula is C24H21ClN4O3. The van der Waals surface area contributed by atoms with Crippen LogP contribution in [0.4, 0.5) is 11.4 Å². The van der Waals surface area contributed by atoms with E-state index in [9.17, 15) is 4.79 Å². The quantitative estimate of drug-likeness (QED) is 0.573. The number of para-hydroxylation sites is 1.